The average Bonchev–Trinajstić information content (AvgIpc) is 0. The van der Waals surface area contributed by atoms with Gasteiger partial charge < -0.3 is 38.3 Å². The van der Waals surface area contributed by atoms with Crippen molar-refractivity contribution >= 4 is 0 Å². The molecule has 0 aromatic heterocycles. The maximum absolute atomic E-state index is 0. The van der Waals surface area contributed by atoms with E-state index in [0.29, 0.717) is 0 Å². The molecule has 0 rings (SSSR count). The van der Waals surface area contributed by atoms with Crippen LogP contribution in [0.1, 0.15) is 0 Å². The SMILES string of the molecule is [Li+].[Li+].[Mn+2].[Mn+2].[O-2].[O-2].[O-2].[O-2].[O-2].[O-2].[O-2].[Ti+4].[Ti+4]. The second kappa shape index (κ2) is 278. The Kier molecular flexibility index (Phi) is 7250. The average molecular weight is 331 g/mol. The van der Waals surface area contributed by atoms with E-state index in [1.807, 2.05) is 0 Å². The maximum atomic E-state index is 0. The van der Waals surface area contributed by atoms with Gasteiger partial charge in [-0.25, -0.2) is 0 Å². The molecule has 13 heteroatoms. The first-order valence-corrected chi connectivity index (χ1v) is 0. The van der Waals surface area contributed by atoms with E-state index in [1.54, 1.807) is 0 Å². The molecule has 0 saturated carbocycles. The van der Waals surface area contributed by atoms with Crippen LogP contribution in [0.5, 0.6) is 0 Å². The third-order valence-corrected chi connectivity index (χ3v) is 0. The van der Waals surface area contributed by atoms with Crippen LogP contribution in [-0.2, 0) is 116 Å². The largest absolute Gasteiger partial charge is 4.00 e. The first kappa shape index (κ1) is 339. The molecule has 0 aliphatic heterocycles. The van der Waals surface area contributed by atoms with Crippen molar-refractivity contribution in [1.29, 1.82) is 0 Å². The summed E-state index contributed by atoms with van der Waals surface area (Å²) in [6, 6.07) is 0. The predicted octanol–water partition coefficient (Wildman–Crippen LogP) is -6.83. The summed E-state index contributed by atoms with van der Waals surface area (Å²) >= 11 is 0. The fourth-order valence-electron chi connectivity index (χ4n) is 0. The van der Waals surface area contributed by atoms with Gasteiger partial charge in [-0.05, 0) is 0 Å². The zero-order valence-electron chi connectivity index (χ0n) is 6.61. The van der Waals surface area contributed by atoms with Crippen molar-refractivity contribution in [3.63, 3.8) is 0 Å². The van der Waals surface area contributed by atoms with Crippen LogP contribution >= 0.6 is 0 Å². The fraction of sp³-hybridized carbons (Fsp3) is 0. The van der Waals surface area contributed by atoms with E-state index in [9.17, 15) is 0 Å². The van der Waals surface area contributed by atoms with Crippen LogP contribution in [0.2, 0.25) is 0 Å². The minimum Gasteiger partial charge on any atom is -2.00 e. The Labute approximate surface area is 152 Å². The summed E-state index contributed by atoms with van der Waals surface area (Å²) in [5.74, 6) is 0. The Morgan fingerprint density at radius 1 is 0.308 bits per heavy atom. The van der Waals surface area contributed by atoms with Gasteiger partial charge in [-0.1, -0.05) is 0 Å². The monoisotopic (exact) mass is 332 g/mol. The summed E-state index contributed by atoms with van der Waals surface area (Å²) in [6.45, 7) is 0. The van der Waals surface area contributed by atoms with E-state index in [-0.39, 0.29) is 154 Å². The molecule has 0 aromatic rings. The van der Waals surface area contributed by atoms with Gasteiger partial charge in [0.05, 0.1) is 0 Å². The Morgan fingerprint density at radius 3 is 0.308 bits per heavy atom. The normalized spacial score (nSPS) is 0. The summed E-state index contributed by atoms with van der Waals surface area (Å²) in [7, 11) is 0. The van der Waals surface area contributed by atoms with Gasteiger partial charge in [0, 0.05) is 0 Å². The molecule has 0 bridgehead atoms. The summed E-state index contributed by atoms with van der Waals surface area (Å²) in [6.07, 6.45) is 0. The van der Waals surface area contributed by atoms with E-state index in [2.05, 4.69) is 0 Å². The van der Waals surface area contributed by atoms with Gasteiger partial charge in [0.1, 0.15) is 0 Å². The van der Waals surface area contributed by atoms with Crippen LogP contribution in [0.25, 0.3) is 0 Å². The molecule has 2 radical (unpaired) electrons. The van der Waals surface area contributed by atoms with Crippen molar-refractivity contribution in [2.24, 2.45) is 0 Å². The van der Waals surface area contributed by atoms with E-state index in [0.717, 1.165) is 0 Å². The fourth-order valence-corrected chi connectivity index (χ4v) is 0. The van der Waals surface area contributed by atoms with Gasteiger partial charge in [-0.15, -0.1) is 0 Å². The van der Waals surface area contributed by atoms with Gasteiger partial charge >= 0.3 is 115 Å². The quantitative estimate of drug-likeness (QED) is 0.380. The van der Waals surface area contributed by atoms with Crippen molar-refractivity contribution in [3.8, 4) is 0 Å². The Balaban J connectivity index is 0. The Bertz CT molecular complexity index is 22.5. The van der Waals surface area contributed by atoms with Crippen LogP contribution in [-0.4, -0.2) is 0 Å². The Hall–Kier alpha value is 3.38. The molecule has 66 valence electrons. The predicted molar refractivity (Wildman–Crippen MR) is 4.81 cm³/mol. The van der Waals surface area contributed by atoms with Crippen molar-refractivity contribution < 1.29 is 154 Å². The van der Waals surface area contributed by atoms with Crippen LogP contribution in [0.4, 0.5) is 0 Å². The van der Waals surface area contributed by atoms with Crippen LogP contribution < -0.4 is 37.7 Å². The topological polar surface area (TPSA) is 200 Å². The molecule has 0 N–H and O–H groups in total. The van der Waals surface area contributed by atoms with Crippen molar-refractivity contribution in [2.75, 3.05) is 0 Å². The zero-order chi connectivity index (χ0) is 0. The molecule has 0 amide bonds. The van der Waals surface area contributed by atoms with Crippen LogP contribution in [0.3, 0.4) is 0 Å². The van der Waals surface area contributed by atoms with E-state index >= 15 is 0 Å². The van der Waals surface area contributed by atoms with Crippen molar-refractivity contribution in [1.82, 2.24) is 0 Å². The third-order valence-electron chi connectivity index (χ3n) is 0. The minimum absolute atomic E-state index is 0. The molecule has 0 aliphatic carbocycles. The Morgan fingerprint density at radius 2 is 0.308 bits per heavy atom. The van der Waals surface area contributed by atoms with Gasteiger partial charge in [-0.2, -0.15) is 0 Å². The van der Waals surface area contributed by atoms with Crippen molar-refractivity contribution in [3.05, 3.63) is 0 Å². The molecule has 0 aliphatic rings. The number of hydrogen-bond acceptors (Lipinski definition) is 0. The standard InChI is InChI=1S/2Li.2Mn.7O.2Ti/q2*+1;2*+2;7*-2;2*+4. The van der Waals surface area contributed by atoms with E-state index in [4.69, 9.17) is 0 Å². The molecule has 7 nitrogen and oxygen atoms in total. The molecule has 0 atom stereocenters. The second-order valence-electron chi connectivity index (χ2n) is 0. The molecule has 0 heterocycles. The molecule has 13 heavy (non-hydrogen) atoms. The second-order valence-corrected chi connectivity index (χ2v) is 0. The van der Waals surface area contributed by atoms with Gasteiger partial charge in [0.2, 0.25) is 0 Å². The summed E-state index contributed by atoms with van der Waals surface area (Å²) in [5.41, 5.74) is 0. The first-order valence-electron chi connectivity index (χ1n) is 0. The zero-order valence-corrected chi connectivity index (χ0v) is 12.1. The molecule has 0 saturated heterocycles. The maximum Gasteiger partial charge on any atom is 4.00 e. The number of hydrogen-bond donors (Lipinski definition) is 0. The smallest absolute Gasteiger partial charge is 2.00 e. The van der Waals surface area contributed by atoms with Gasteiger partial charge in [0.25, 0.3) is 0 Å². The summed E-state index contributed by atoms with van der Waals surface area (Å²) in [5, 5.41) is 0. The number of rotatable bonds is 0. The summed E-state index contributed by atoms with van der Waals surface area (Å²) < 4.78 is 0. The molecular formula is Li2Mn2O7Ti2. The van der Waals surface area contributed by atoms with Crippen LogP contribution in [0.15, 0.2) is 0 Å². The third kappa shape index (κ3) is 241. The van der Waals surface area contributed by atoms with Gasteiger partial charge in [0.15, 0.2) is 0 Å². The molecule has 0 spiro atoms. The first-order chi connectivity index (χ1) is 0. The summed E-state index contributed by atoms with van der Waals surface area (Å²) in [4.78, 5) is 0. The van der Waals surface area contributed by atoms with Crippen molar-refractivity contribution in [2.45, 2.75) is 0 Å². The molecular weight excluding hydrogens is 331 g/mol. The van der Waals surface area contributed by atoms with E-state index < -0.39 is 0 Å². The van der Waals surface area contributed by atoms with E-state index in [1.165, 1.54) is 0 Å². The van der Waals surface area contributed by atoms with Gasteiger partial charge in [-0.3, -0.25) is 0 Å². The molecule has 0 fully saturated rings. The molecule has 0 aromatic carbocycles. The van der Waals surface area contributed by atoms with Crippen LogP contribution in [0, 0.1) is 0 Å². The minimum atomic E-state index is 0. The molecule has 0 unspecified atom stereocenters.